The molecular formula is C20H27N5O4. The van der Waals surface area contributed by atoms with E-state index in [1.165, 1.54) is 6.42 Å². The number of urea groups is 2. The Bertz CT molecular complexity index is 778. The molecule has 1 heterocycles. The summed E-state index contributed by atoms with van der Waals surface area (Å²) in [5, 5.41) is 8.84. The summed E-state index contributed by atoms with van der Waals surface area (Å²) in [5.41, 5.74) is 1.69. The number of rotatable bonds is 6. The minimum Gasteiger partial charge on any atom is -0.338 e. The Kier molecular flexibility index (Phi) is 6.36. The second-order valence-corrected chi connectivity index (χ2v) is 7.58. The summed E-state index contributed by atoms with van der Waals surface area (Å²) in [4.78, 5) is 49.0. The van der Waals surface area contributed by atoms with Crippen molar-refractivity contribution >= 4 is 23.9 Å². The summed E-state index contributed by atoms with van der Waals surface area (Å²) in [6, 6.07) is 7.99. The van der Waals surface area contributed by atoms with Crippen LogP contribution in [0.25, 0.3) is 0 Å². The molecule has 1 aliphatic heterocycles. The van der Waals surface area contributed by atoms with E-state index >= 15 is 0 Å². The highest BCUT2D eigenvalue weighted by Gasteiger charge is 2.49. The largest absolute Gasteiger partial charge is 0.344 e. The normalized spacial score (nSPS) is 22.2. The summed E-state index contributed by atoms with van der Waals surface area (Å²) >= 11 is 0. The number of hydrogen-bond acceptors (Lipinski definition) is 4. The Balaban J connectivity index is 1.46. The van der Waals surface area contributed by atoms with Crippen LogP contribution < -0.4 is 21.4 Å². The van der Waals surface area contributed by atoms with Crippen LogP contribution in [0.5, 0.6) is 0 Å². The van der Waals surface area contributed by atoms with Crippen molar-refractivity contribution in [1.29, 1.82) is 0 Å². The van der Waals surface area contributed by atoms with Gasteiger partial charge >= 0.3 is 12.1 Å². The Labute approximate surface area is 169 Å². The summed E-state index contributed by atoms with van der Waals surface area (Å²) < 4.78 is 0. The van der Waals surface area contributed by atoms with Crippen molar-refractivity contribution in [2.24, 2.45) is 0 Å². The molecule has 2 fully saturated rings. The number of nitrogens with one attached hydrogen (secondary N) is 4. The standard InChI is InChI=1S/C20H27N5O4/c1-20(14-8-4-2-5-9-14)17(27)25(19(29)23-20)24-16(26)12-13-21-18(28)22-15-10-6-3-7-11-15/h2,4-5,8-9,15H,3,6-7,10-13H2,1H3,(H,23,29)(H,24,26)(H2,21,22,28)/t20-/m1/s1. The summed E-state index contributed by atoms with van der Waals surface area (Å²) in [7, 11) is 0. The van der Waals surface area contributed by atoms with Crippen molar-refractivity contribution in [2.75, 3.05) is 6.54 Å². The first-order valence-corrected chi connectivity index (χ1v) is 9.96. The third-order valence-corrected chi connectivity index (χ3v) is 5.36. The summed E-state index contributed by atoms with van der Waals surface area (Å²) in [5.74, 6) is -1.10. The van der Waals surface area contributed by atoms with E-state index in [1.54, 1.807) is 31.2 Å². The zero-order chi connectivity index (χ0) is 20.9. The molecule has 1 aliphatic carbocycles. The van der Waals surface area contributed by atoms with Gasteiger partial charge in [0.2, 0.25) is 5.91 Å². The average Bonchev–Trinajstić information content (AvgIpc) is 2.93. The van der Waals surface area contributed by atoms with Crippen LogP contribution in [0.2, 0.25) is 0 Å². The molecule has 1 aromatic carbocycles. The predicted molar refractivity (Wildman–Crippen MR) is 105 cm³/mol. The molecule has 29 heavy (non-hydrogen) atoms. The number of hydrogen-bond donors (Lipinski definition) is 4. The number of carbonyl (C=O) groups excluding carboxylic acids is 4. The molecule has 0 spiro atoms. The van der Waals surface area contributed by atoms with Crippen LogP contribution in [-0.2, 0) is 15.1 Å². The van der Waals surface area contributed by atoms with Crippen molar-refractivity contribution in [2.45, 2.75) is 57.0 Å². The second-order valence-electron chi connectivity index (χ2n) is 7.58. The van der Waals surface area contributed by atoms with Crippen molar-refractivity contribution in [3.63, 3.8) is 0 Å². The number of benzene rings is 1. The van der Waals surface area contributed by atoms with Gasteiger partial charge in [-0.05, 0) is 25.3 Å². The van der Waals surface area contributed by atoms with Crippen molar-refractivity contribution in [3.8, 4) is 0 Å². The summed E-state index contributed by atoms with van der Waals surface area (Å²) in [6.07, 6.45) is 5.31. The minimum absolute atomic E-state index is 0.0583. The van der Waals surface area contributed by atoms with Gasteiger partial charge in [-0.2, -0.15) is 5.01 Å². The van der Waals surface area contributed by atoms with E-state index in [2.05, 4.69) is 21.4 Å². The Hall–Kier alpha value is -3.10. The smallest absolute Gasteiger partial charge is 0.338 e. The molecule has 0 radical (unpaired) electrons. The van der Waals surface area contributed by atoms with Crippen molar-refractivity contribution < 1.29 is 19.2 Å². The Morgan fingerprint density at radius 2 is 1.83 bits per heavy atom. The molecule has 6 amide bonds. The van der Waals surface area contributed by atoms with E-state index in [9.17, 15) is 19.2 Å². The topological polar surface area (TPSA) is 120 Å². The maximum atomic E-state index is 12.7. The van der Waals surface area contributed by atoms with Crippen LogP contribution in [0.4, 0.5) is 9.59 Å². The van der Waals surface area contributed by atoms with Gasteiger partial charge in [0.25, 0.3) is 5.91 Å². The van der Waals surface area contributed by atoms with E-state index < -0.39 is 23.4 Å². The first-order chi connectivity index (χ1) is 13.9. The first-order valence-electron chi connectivity index (χ1n) is 9.96. The molecule has 9 heteroatoms. The molecular weight excluding hydrogens is 374 g/mol. The van der Waals surface area contributed by atoms with Crippen molar-refractivity contribution in [1.82, 2.24) is 26.4 Å². The van der Waals surface area contributed by atoms with Gasteiger partial charge in [-0.1, -0.05) is 49.6 Å². The molecule has 0 unspecified atom stereocenters. The summed E-state index contributed by atoms with van der Waals surface area (Å²) in [6.45, 7) is 1.69. The van der Waals surface area contributed by atoms with Gasteiger partial charge in [0.05, 0.1) is 0 Å². The Morgan fingerprint density at radius 3 is 2.52 bits per heavy atom. The number of nitrogens with zero attached hydrogens (tertiary/aromatic N) is 1. The van der Waals surface area contributed by atoms with E-state index in [0.717, 1.165) is 25.7 Å². The molecule has 0 bridgehead atoms. The van der Waals surface area contributed by atoms with Crippen LogP contribution in [0.1, 0.15) is 51.0 Å². The van der Waals surface area contributed by atoms with E-state index in [4.69, 9.17) is 0 Å². The maximum absolute atomic E-state index is 12.7. The third kappa shape index (κ3) is 4.85. The monoisotopic (exact) mass is 401 g/mol. The van der Waals surface area contributed by atoms with Crippen LogP contribution in [0.15, 0.2) is 30.3 Å². The van der Waals surface area contributed by atoms with Gasteiger partial charge in [0.15, 0.2) is 0 Å². The van der Waals surface area contributed by atoms with E-state index in [0.29, 0.717) is 10.6 Å². The molecule has 0 aromatic heterocycles. The second kappa shape index (κ2) is 8.93. The van der Waals surface area contributed by atoms with Gasteiger partial charge in [-0.25, -0.2) is 9.59 Å². The Morgan fingerprint density at radius 1 is 1.14 bits per heavy atom. The molecule has 1 saturated carbocycles. The number of imide groups is 1. The van der Waals surface area contributed by atoms with Crippen LogP contribution in [0, 0.1) is 0 Å². The van der Waals surface area contributed by atoms with E-state index in [1.807, 2.05) is 6.07 Å². The van der Waals surface area contributed by atoms with E-state index in [-0.39, 0.29) is 25.0 Å². The molecule has 3 rings (SSSR count). The minimum atomic E-state index is -1.25. The molecule has 2 aliphatic rings. The molecule has 1 aromatic rings. The van der Waals surface area contributed by atoms with Gasteiger partial charge in [-0.3, -0.25) is 15.0 Å². The average molecular weight is 401 g/mol. The fourth-order valence-electron chi connectivity index (χ4n) is 3.66. The quantitative estimate of drug-likeness (QED) is 0.540. The van der Waals surface area contributed by atoms with Gasteiger partial charge in [0.1, 0.15) is 5.54 Å². The fourth-order valence-corrected chi connectivity index (χ4v) is 3.66. The van der Waals surface area contributed by atoms with Crippen LogP contribution in [0.3, 0.4) is 0 Å². The maximum Gasteiger partial charge on any atom is 0.344 e. The lowest BCUT2D eigenvalue weighted by molar-refractivity contribution is -0.138. The molecule has 1 saturated heterocycles. The zero-order valence-corrected chi connectivity index (χ0v) is 16.5. The lowest BCUT2D eigenvalue weighted by atomic mass is 9.92. The fraction of sp³-hybridized carbons (Fsp3) is 0.500. The lowest BCUT2D eigenvalue weighted by Crippen LogP contribution is -2.49. The molecule has 156 valence electrons. The first kappa shape index (κ1) is 20.6. The van der Waals surface area contributed by atoms with Gasteiger partial charge in [0, 0.05) is 19.0 Å². The predicted octanol–water partition coefficient (Wildman–Crippen LogP) is 1.51. The SMILES string of the molecule is C[C@]1(c2ccccc2)NC(=O)N(NC(=O)CCNC(=O)NC2CCCCC2)C1=O. The highest BCUT2D eigenvalue weighted by molar-refractivity contribution is 6.08. The molecule has 9 nitrogen and oxygen atoms in total. The lowest BCUT2D eigenvalue weighted by Gasteiger charge is -2.23. The molecule has 1 atom stereocenters. The number of amides is 6. The molecule has 4 N–H and O–H groups in total. The third-order valence-electron chi connectivity index (χ3n) is 5.36. The van der Waals surface area contributed by atoms with Gasteiger partial charge in [-0.15, -0.1) is 0 Å². The zero-order valence-electron chi connectivity index (χ0n) is 16.5. The number of carbonyl (C=O) groups is 4. The van der Waals surface area contributed by atoms with Crippen molar-refractivity contribution in [3.05, 3.63) is 35.9 Å². The highest BCUT2D eigenvalue weighted by atomic mass is 16.2. The highest BCUT2D eigenvalue weighted by Crippen LogP contribution is 2.27. The number of hydrazine groups is 1. The van der Waals surface area contributed by atoms with Gasteiger partial charge < -0.3 is 16.0 Å². The van der Waals surface area contributed by atoms with Crippen LogP contribution in [-0.4, -0.2) is 41.5 Å². The van der Waals surface area contributed by atoms with Crippen LogP contribution >= 0.6 is 0 Å².